The van der Waals surface area contributed by atoms with Crippen molar-refractivity contribution >= 4 is 38.3 Å². The van der Waals surface area contributed by atoms with Crippen LogP contribution in [0.5, 0.6) is 0 Å². The Bertz CT molecular complexity index is 472. The lowest BCUT2D eigenvalue weighted by Crippen LogP contribution is -1.83. The van der Waals surface area contributed by atoms with E-state index in [-0.39, 0.29) is 5.82 Å². The van der Waals surface area contributed by atoms with E-state index in [0.29, 0.717) is 14.9 Å². The van der Waals surface area contributed by atoms with E-state index in [0.717, 1.165) is 5.39 Å². The number of hydrogen-bond acceptors (Lipinski definition) is 1. The maximum absolute atomic E-state index is 13.2. The van der Waals surface area contributed by atoms with Crippen molar-refractivity contribution in [2.75, 3.05) is 0 Å². The SMILES string of the molecule is Fc1cc(Cl)c2ccncc2c1Br. The molecule has 0 aliphatic heterocycles. The minimum Gasteiger partial charge on any atom is -0.264 e. The van der Waals surface area contributed by atoms with Crippen LogP contribution in [0, 0.1) is 5.82 Å². The maximum atomic E-state index is 13.2. The number of halogens is 3. The van der Waals surface area contributed by atoms with Gasteiger partial charge in [0.1, 0.15) is 5.82 Å². The van der Waals surface area contributed by atoms with E-state index in [4.69, 9.17) is 11.6 Å². The number of fused-ring (bicyclic) bond motifs is 1. The van der Waals surface area contributed by atoms with Crippen LogP contribution in [-0.4, -0.2) is 4.98 Å². The fraction of sp³-hybridized carbons (Fsp3) is 0. The van der Waals surface area contributed by atoms with Gasteiger partial charge in [-0.3, -0.25) is 4.98 Å². The van der Waals surface area contributed by atoms with Crippen LogP contribution in [0.3, 0.4) is 0 Å². The van der Waals surface area contributed by atoms with Gasteiger partial charge in [-0.1, -0.05) is 11.6 Å². The molecular formula is C9H4BrClFN. The molecule has 0 unspecified atom stereocenters. The van der Waals surface area contributed by atoms with Gasteiger partial charge in [0.15, 0.2) is 0 Å². The Labute approximate surface area is 87.7 Å². The van der Waals surface area contributed by atoms with E-state index in [1.54, 1.807) is 18.5 Å². The molecular weight excluding hydrogens is 256 g/mol. The molecule has 1 nitrogen and oxygen atoms in total. The molecule has 0 saturated carbocycles. The lowest BCUT2D eigenvalue weighted by atomic mass is 10.2. The van der Waals surface area contributed by atoms with Crippen LogP contribution in [0.1, 0.15) is 0 Å². The molecule has 1 heterocycles. The fourth-order valence-electron chi connectivity index (χ4n) is 1.16. The van der Waals surface area contributed by atoms with Gasteiger partial charge < -0.3 is 0 Å². The average molecular weight is 260 g/mol. The Balaban J connectivity index is 2.97. The topological polar surface area (TPSA) is 12.9 Å². The Morgan fingerprint density at radius 2 is 2.15 bits per heavy atom. The third-order valence-corrected chi connectivity index (χ3v) is 2.90. The molecule has 13 heavy (non-hydrogen) atoms. The molecule has 0 bridgehead atoms. The van der Waals surface area contributed by atoms with E-state index in [2.05, 4.69) is 20.9 Å². The van der Waals surface area contributed by atoms with Gasteiger partial charge in [-0.25, -0.2) is 4.39 Å². The molecule has 2 rings (SSSR count). The first kappa shape index (κ1) is 8.91. The highest BCUT2D eigenvalue weighted by molar-refractivity contribution is 9.10. The maximum Gasteiger partial charge on any atom is 0.139 e. The van der Waals surface area contributed by atoms with E-state index < -0.39 is 0 Å². The molecule has 66 valence electrons. The Morgan fingerprint density at radius 3 is 2.92 bits per heavy atom. The summed E-state index contributed by atoms with van der Waals surface area (Å²) in [4.78, 5) is 3.90. The molecule has 0 aliphatic carbocycles. The number of nitrogens with zero attached hydrogens (tertiary/aromatic N) is 1. The monoisotopic (exact) mass is 259 g/mol. The Hall–Kier alpha value is -0.670. The highest BCUT2D eigenvalue weighted by Crippen LogP contribution is 2.31. The van der Waals surface area contributed by atoms with Crippen LogP contribution < -0.4 is 0 Å². The number of rotatable bonds is 0. The zero-order valence-corrected chi connectivity index (χ0v) is 8.73. The Kier molecular flexibility index (Phi) is 2.22. The number of benzene rings is 1. The molecule has 0 radical (unpaired) electrons. The quantitative estimate of drug-likeness (QED) is 0.657. The average Bonchev–Trinajstić information content (AvgIpc) is 2.15. The van der Waals surface area contributed by atoms with Crippen molar-refractivity contribution in [2.24, 2.45) is 0 Å². The van der Waals surface area contributed by atoms with Crippen molar-refractivity contribution in [3.63, 3.8) is 0 Å². The molecule has 0 atom stereocenters. The van der Waals surface area contributed by atoms with Crippen molar-refractivity contribution < 1.29 is 4.39 Å². The molecule has 0 fully saturated rings. The van der Waals surface area contributed by atoms with Gasteiger partial charge in [-0.15, -0.1) is 0 Å². The summed E-state index contributed by atoms with van der Waals surface area (Å²) in [6.45, 7) is 0. The first-order chi connectivity index (χ1) is 6.20. The Morgan fingerprint density at radius 1 is 1.38 bits per heavy atom. The first-order valence-electron chi connectivity index (χ1n) is 3.57. The molecule has 0 spiro atoms. The van der Waals surface area contributed by atoms with Crippen LogP contribution in [-0.2, 0) is 0 Å². The normalized spacial score (nSPS) is 10.7. The van der Waals surface area contributed by atoms with Gasteiger partial charge in [0.05, 0.1) is 9.50 Å². The zero-order valence-electron chi connectivity index (χ0n) is 6.39. The molecule has 1 aromatic carbocycles. The fourth-order valence-corrected chi connectivity index (χ4v) is 1.85. The number of hydrogen-bond donors (Lipinski definition) is 0. The first-order valence-corrected chi connectivity index (χ1v) is 4.74. The second-order valence-corrected chi connectivity index (χ2v) is 3.78. The van der Waals surface area contributed by atoms with E-state index >= 15 is 0 Å². The summed E-state index contributed by atoms with van der Waals surface area (Å²) in [5, 5.41) is 1.88. The predicted octanol–water partition coefficient (Wildman–Crippen LogP) is 3.79. The number of aromatic nitrogens is 1. The molecule has 4 heteroatoms. The minimum atomic E-state index is -0.370. The van der Waals surface area contributed by atoms with Crippen LogP contribution >= 0.6 is 27.5 Å². The second-order valence-electron chi connectivity index (χ2n) is 2.58. The summed E-state index contributed by atoms with van der Waals surface area (Å²) in [6.07, 6.45) is 3.20. The number of pyridine rings is 1. The zero-order chi connectivity index (χ0) is 9.42. The lowest BCUT2D eigenvalue weighted by molar-refractivity contribution is 0.623. The standard InChI is InChI=1S/C9H4BrClFN/c10-9-6-4-13-2-1-5(6)7(11)3-8(9)12/h1-4H. The van der Waals surface area contributed by atoms with E-state index in [9.17, 15) is 4.39 Å². The van der Waals surface area contributed by atoms with Crippen LogP contribution in [0.15, 0.2) is 29.0 Å². The summed E-state index contributed by atoms with van der Waals surface area (Å²) in [7, 11) is 0. The highest BCUT2D eigenvalue weighted by Gasteiger charge is 2.07. The van der Waals surface area contributed by atoms with Gasteiger partial charge in [0.25, 0.3) is 0 Å². The van der Waals surface area contributed by atoms with E-state index in [1.165, 1.54) is 6.07 Å². The van der Waals surface area contributed by atoms with Crippen molar-refractivity contribution in [2.45, 2.75) is 0 Å². The van der Waals surface area contributed by atoms with Crippen LogP contribution in [0.25, 0.3) is 10.8 Å². The molecule has 0 N–H and O–H groups in total. The summed E-state index contributed by atoms with van der Waals surface area (Å²) < 4.78 is 13.6. The summed E-state index contributed by atoms with van der Waals surface area (Å²) in [6, 6.07) is 3.04. The van der Waals surface area contributed by atoms with Crippen molar-refractivity contribution in [1.82, 2.24) is 4.98 Å². The summed E-state index contributed by atoms with van der Waals surface area (Å²) >= 11 is 8.99. The van der Waals surface area contributed by atoms with Crippen molar-refractivity contribution in [3.8, 4) is 0 Å². The van der Waals surface area contributed by atoms with Gasteiger partial charge in [0.2, 0.25) is 0 Å². The van der Waals surface area contributed by atoms with Crippen molar-refractivity contribution in [1.29, 1.82) is 0 Å². The summed E-state index contributed by atoms with van der Waals surface area (Å²) in [5.74, 6) is -0.370. The molecule has 0 amide bonds. The predicted molar refractivity (Wildman–Crippen MR) is 54.4 cm³/mol. The van der Waals surface area contributed by atoms with Gasteiger partial charge in [-0.2, -0.15) is 0 Å². The highest BCUT2D eigenvalue weighted by atomic mass is 79.9. The van der Waals surface area contributed by atoms with Gasteiger partial charge in [0, 0.05) is 23.2 Å². The minimum absolute atomic E-state index is 0.370. The van der Waals surface area contributed by atoms with Gasteiger partial charge >= 0.3 is 0 Å². The summed E-state index contributed by atoms with van der Waals surface area (Å²) in [5.41, 5.74) is 0. The van der Waals surface area contributed by atoms with Crippen LogP contribution in [0.4, 0.5) is 4.39 Å². The van der Waals surface area contributed by atoms with E-state index in [1.807, 2.05) is 0 Å². The van der Waals surface area contributed by atoms with Gasteiger partial charge in [-0.05, 0) is 28.1 Å². The second kappa shape index (κ2) is 3.24. The molecule has 1 aromatic heterocycles. The molecule has 0 saturated heterocycles. The lowest BCUT2D eigenvalue weighted by Gasteiger charge is -2.02. The molecule has 2 aromatic rings. The largest absolute Gasteiger partial charge is 0.264 e. The smallest absolute Gasteiger partial charge is 0.139 e. The van der Waals surface area contributed by atoms with Crippen molar-refractivity contribution in [3.05, 3.63) is 39.8 Å². The third-order valence-electron chi connectivity index (χ3n) is 1.78. The molecule has 0 aliphatic rings. The van der Waals surface area contributed by atoms with Crippen LogP contribution in [0.2, 0.25) is 5.02 Å². The third kappa shape index (κ3) is 1.42.